The molecule has 0 amide bonds. The van der Waals surface area contributed by atoms with Crippen molar-refractivity contribution < 1.29 is 4.74 Å². The van der Waals surface area contributed by atoms with Gasteiger partial charge in [0.25, 0.3) is 0 Å². The topological polar surface area (TPSA) is 35.2 Å². The van der Waals surface area contributed by atoms with E-state index in [-0.39, 0.29) is 6.04 Å². The molecular formula is C14H17NOS. The lowest BCUT2D eigenvalue weighted by Crippen LogP contribution is -2.12. The van der Waals surface area contributed by atoms with Gasteiger partial charge in [-0.2, -0.15) is 0 Å². The highest BCUT2D eigenvalue weighted by Crippen LogP contribution is 2.25. The summed E-state index contributed by atoms with van der Waals surface area (Å²) in [5.74, 6) is 0.884. The minimum absolute atomic E-state index is 0.0865. The summed E-state index contributed by atoms with van der Waals surface area (Å²) in [6.07, 6.45) is 0.866. The second-order valence-corrected chi connectivity index (χ2v) is 5.07. The predicted octanol–water partition coefficient (Wildman–Crippen LogP) is 3.31. The summed E-state index contributed by atoms with van der Waals surface area (Å²) in [6, 6.07) is 10.3. The van der Waals surface area contributed by atoms with Gasteiger partial charge in [0, 0.05) is 10.9 Å². The third-order valence-corrected chi connectivity index (χ3v) is 4.00. The molecule has 1 aromatic heterocycles. The van der Waals surface area contributed by atoms with Crippen molar-refractivity contribution in [3.63, 3.8) is 0 Å². The maximum absolute atomic E-state index is 6.22. The lowest BCUT2D eigenvalue weighted by Gasteiger charge is -2.11. The van der Waals surface area contributed by atoms with E-state index in [1.165, 1.54) is 16.0 Å². The first kappa shape index (κ1) is 12.1. The molecule has 2 rings (SSSR count). The fourth-order valence-electron chi connectivity index (χ4n) is 1.87. The van der Waals surface area contributed by atoms with Crippen LogP contribution in [0.4, 0.5) is 0 Å². The van der Waals surface area contributed by atoms with E-state index in [0.29, 0.717) is 0 Å². The minimum atomic E-state index is 0.0865. The first-order chi connectivity index (χ1) is 8.20. The molecular weight excluding hydrogens is 230 g/mol. The second kappa shape index (κ2) is 5.34. The lowest BCUT2D eigenvalue weighted by atomic mass is 10.0. The molecule has 0 aliphatic heterocycles. The first-order valence-corrected chi connectivity index (χ1v) is 6.51. The van der Waals surface area contributed by atoms with Gasteiger partial charge in [-0.05, 0) is 48.1 Å². The Hall–Kier alpha value is -1.32. The van der Waals surface area contributed by atoms with Crippen molar-refractivity contribution in [2.45, 2.75) is 19.4 Å². The van der Waals surface area contributed by atoms with Crippen LogP contribution in [0.25, 0.3) is 0 Å². The van der Waals surface area contributed by atoms with E-state index in [4.69, 9.17) is 10.5 Å². The molecule has 2 nitrogen and oxygen atoms in total. The van der Waals surface area contributed by atoms with Crippen LogP contribution >= 0.6 is 11.3 Å². The molecule has 1 heterocycles. The Kier molecular flexibility index (Phi) is 3.82. The molecule has 17 heavy (non-hydrogen) atoms. The Morgan fingerprint density at radius 2 is 1.94 bits per heavy atom. The number of aryl methyl sites for hydroxylation is 1. The van der Waals surface area contributed by atoms with Crippen LogP contribution in [0, 0.1) is 6.92 Å². The Bertz CT molecular complexity index is 475. The lowest BCUT2D eigenvalue weighted by molar-refractivity contribution is 0.414. The maximum atomic E-state index is 6.22. The van der Waals surface area contributed by atoms with Crippen molar-refractivity contribution in [3.05, 3.63) is 51.7 Å². The number of methoxy groups -OCH3 is 1. The fraction of sp³-hybridized carbons (Fsp3) is 0.286. The molecule has 0 fully saturated rings. The van der Waals surface area contributed by atoms with Crippen LogP contribution in [0.3, 0.4) is 0 Å². The van der Waals surface area contributed by atoms with E-state index in [1.54, 1.807) is 18.4 Å². The quantitative estimate of drug-likeness (QED) is 0.899. The average molecular weight is 247 g/mol. The van der Waals surface area contributed by atoms with E-state index in [2.05, 4.69) is 30.5 Å². The summed E-state index contributed by atoms with van der Waals surface area (Å²) in [4.78, 5) is 1.28. The van der Waals surface area contributed by atoms with Gasteiger partial charge in [0.05, 0.1) is 7.11 Å². The molecule has 0 saturated carbocycles. The van der Waals surface area contributed by atoms with Crippen LogP contribution in [0.5, 0.6) is 5.75 Å². The van der Waals surface area contributed by atoms with Gasteiger partial charge in [0.15, 0.2) is 0 Å². The third-order valence-electron chi connectivity index (χ3n) is 2.85. The molecule has 0 aliphatic rings. The normalized spacial score (nSPS) is 12.4. The van der Waals surface area contributed by atoms with E-state index >= 15 is 0 Å². The highest BCUT2D eigenvalue weighted by atomic mass is 32.1. The summed E-state index contributed by atoms with van der Waals surface area (Å²) in [5.41, 5.74) is 8.75. The number of rotatable bonds is 4. The molecule has 0 aliphatic carbocycles. The van der Waals surface area contributed by atoms with Gasteiger partial charge < -0.3 is 10.5 Å². The van der Waals surface area contributed by atoms with Crippen molar-refractivity contribution >= 4 is 11.3 Å². The summed E-state index contributed by atoms with van der Waals surface area (Å²) in [5, 5.41) is 2.10. The standard InChI is InChI=1S/C14H17NOS/c1-10-7-8-17-14(10)13(15)9-11-3-5-12(16-2)6-4-11/h3-8,13H,9,15H2,1-2H3. The van der Waals surface area contributed by atoms with Crippen molar-refractivity contribution in [2.75, 3.05) is 7.11 Å². The zero-order valence-corrected chi connectivity index (χ0v) is 11.0. The maximum Gasteiger partial charge on any atom is 0.118 e. The molecule has 2 N–H and O–H groups in total. The highest BCUT2D eigenvalue weighted by molar-refractivity contribution is 7.10. The van der Waals surface area contributed by atoms with Crippen LogP contribution in [0.1, 0.15) is 22.0 Å². The van der Waals surface area contributed by atoms with E-state index < -0.39 is 0 Å². The minimum Gasteiger partial charge on any atom is -0.497 e. The molecule has 90 valence electrons. The van der Waals surface area contributed by atoms with Crippen LogP contribution in [0.2, 0.25) is 0 Å². The number of hydrogen-bond donors (Lipinski definition) is 1. The Morgan fingerprint density at radius 1 is 1.24 bits per heavy atom. The second-order valence-electron chi connectivity index (χ2n) is 4.13. The Labute approximate surface area is 106 Å². The van der Waals surface area contributed by atoms with Gasteiger partial charge in [-0.25, -0.2) is 0 Å². The molecule has 3 heteroatoms. The van der Waals surface area contributed by atoms with Crippen molar-refractivity contribution in [1.29, 1.82) is 0 Å². The highest BCUT2D eigenvalue weighted by Gasteiger charge is 2.11. The van der Waals surface area contributed by atoms with Gasteiger partial charge in [-0.1, -0.05) is 12.1 Å². The molecule has 0 spiro atoms. The van der Waals surface area contributed by atoms with Crippen LogP contribution < -0.4 is 10.5 Å². The zero-order valence-electron chi connectivity index (χ0n) is 10.1. The number of nitrogens with two attached hydrogens (primary N) is 1. The van der Waals surface area contributed by atoms with E-state index in [9.17, 15) is 0 Å². The van der Waals surface area contributed by atoms with E-state index in [0.717, 1.165) is 12.2 Å². The molecule has 1 aromatic carbocycles. The van der Waals surface area contributed by atoms with Crippen molar-refractivity contribution in [3.8, 4) is 5.75 Å². The van der Waals surface area contributed by atoms with Crippen molar-refractivity contribution in [2.24, 2.45) is 5.73 Å². The third kappa shape index (κ3) is 2.87. The Balaban J connectivity index is 2.07. The smallest absolute Gasteiger partial charge is 0.118 e. The summed E-state index contributed by atoms with van der Waals surface area (Å²) in [7, 11) is 1.68. The van der Waals surface area contributed by atoms with Crippen LogP contribution in [-0.2, 0) is 6.42 Å². The van der Waals surface area contributed by atoms with Gasteiger partial charge in [0.2, 0.25) is 0 Å². The average Bonchev–Trinajstić information content (AvgIpc) is 2.76. The van der Waals surface area contributed by atoms with Gasteiger partial charge in [-0.3, -0.25) is 0 Å². The van der Waals surface area contributed by atoms with Gasteiger partial charge >= 0.3 is 0 Å². The molecule has 1 atom stereocenters. The summed E-state index contributed by atoms with van der Waals surface area (Å²) >= 11 is 1.73. The monoisotopic (exact) mass is 247 g/mol. The van der Waals surface area contributed by atoms with Crippen LogP contribution in [0.15, 0.2) is 35.7 Å². The Morgan fingerprint density at radius 3 is 2.47 bits per heavy atom. The zero-order chi connectivity index (χ0) is 12.3. The molecule has 0 saturated heterocycles. The van der Waals surface area contributed by atoms with E-state index in [1.807, 2.05) is 12.1 Å². The number of benzene rings is 1. The predicted molar refractivity (Wildman–Crippen MR) is 72.7 cm³/mol. The number of ether oxygens (including phenoxy) is 1. The van der Waals surface area contributed by atoms with Gasteiger partial charge in [-0.15, -0.1) is 11.3 Å². The molecule has 0 bridgehead atoms. The van der Waals surface area contributed by atoms with Gasteiger partial charge in [0.1, 0.15) is 5.75 Å². The van der Waals surface area contributed by atoms with Crippen LogP contribution in [-0.4, -0.2) is 7.11 Å². The number of hydrogen-bond acceptors (Lipinski definition) is 3. The summed E-state index contributed by atoms with van der Waals surface area (Å²) < 4.78 is 5.14. The fourth-order valence-corrected chi connectivity index (χ4v) is 2.80. The molecule has 1 unspecified atom stereocenters. The SMILES string of the molecule is COc1ccc(CC(N)c2sccc2C)cc1. The largest absolute Gasteiger partial charge is 0.497 e. The first-order valence-electron chi connectivity index (χ1n) is 5.63. The molecule has 2 aromatic rings. The number of thiophene rings is 1. The van der Waals surface area contributed by atoms with Crippen molar-refractivity contribution in [1.82, 2.24) is 0 Å². The summed E-state index contributed by atoms with van der Waals surface area (Å²) in [6.45, 7) is 2.11. The molecule has 0 radical (unpaired) electrons.